The highest BCUT2D eigenvalue weighted by molar-refractivity contribution is 7.92. The van der Waals surface area contributed by atoms with Gasteiger partial charge in [-0.2, -0.15) is 0 Å². The fourth-order valence-corrected chi connectivity index (χ4v) is 4.25. The summed E-state index contributed by atoms with van der Waals surface area (Å²) in [5, 5.41) is 2.93. The lowest BCUT2D eigenvalue weighted by atomic mass is 10.0. The predicted octanol–water partition coefficient (Wildman–Crippen LogP) is 4.60. The van der Waals surface area contributed by atoms with E-state index in [-0.39, 0.29) is 22.4 Å². The molecule has 0 spiro atoms. The first-order valence-electron chi connectivity index (χ1n) is 9.32. The Kier molecular flexibility index (Phi) is 6.03. The van der Waals surface area contributed by atoms with Gasteiger partial charge >= 0.3 is 0 Å². The Labute approximate surface area is 171 Å². The Morgan fingerprint density at radius 2 is 1.62 bits per heavy atom. The van der Waals surface area contributed by atoms with Crippen LogP contribution in [0.3, 0.4) is 0 Å². The summed E-state index contributed by atoms with van der Waals surface area (Å²) in [6.45, 7) is 5.78. The number of aryl methyl sites for hydroxylation is 2. The van der Waals surface area contributed by atoms with Crippen molar-refractivity contribution >= 4 is 21.6 Å². The molecule has 0 aliphatic heterocycles. The Hall–Kier alpha value is -3.12. The van der Waals surface area contributed by atoms with Crippen LogP contribution in [0.25, 0.3) is 0 Å². The highest BCUT2D eigenvalue weighted by Crippen LogP contribution is 2.20. The predicted molar refractivity (Wildman–Crippen MR) is 115 cm³/mol. The Morgan fingerprint density at radius 3 is 2.34 bits per heavy atom. The molecule has 0 heterocycles. The molecule has 0 aliphatic carbocycles. The lowest BCUT2D eigenvalue weighted by molar-refractivity contribution is 0.0939. The molecule has 3 aromatic carbocycles. The van der Waals surface area contributed by atoms with Crippen LogP contribution in [0.5, 0.6) is 0 Å². The third kappa shape index (κ3) is 5.03. The van der Waals surface area contributed by atoms with Gasteiger partial charge in [0.05, 0.1) is 10.9 Å². The maximum Gasteiger partial charge on any atom is 0.261 e. The van der Waals surface area contributed by atoms with E-state index in [2.05, 4.69) is 10.0 Å². The van der Waals surface area contributed by atoms with Crippen LogP contribution in [0.2, 0.25) is 0 Å². The van der Waals surface area contributed by atoms with Crippen molar-refractivity contribution < 1.29 is 13.2 Å². The average molecular weight is 409 g/mol. The number of hydrogen-bond acceptors (Lipinski definition) is 3. The molecule has 1 amide bonds. The first-order chi connectivity index (χ1) is 13.8. The van der Waals surface area contributed by atoms with Gasteiger partial charge in [-0.1, -0.05) is 42.5 Å². The fourth-order valence-electron chi connectivity index (χ4n) is 3.16. The van der Waals surface area contributed by atoms with E-state index in [1.807, 2.05) is 51.1 Å². The van der Waals surface area contributed by atoms with Crippen LogP contribution in [0.1, 0.15) is 40.0 Å². The summed E-state index contributed by atoms with van der Waals surface area (Å²) in [6.07, 6.45) is 0. The summed E-state index contributed by atoms with van der Waals surface area (Å²) in [5.41, 5.74) is 3.82. The van der Waals surface area contributed by atoms with E-state index in [0.717, 1.165) is 16.7 Å². The molecular formula is C23H24N2O3S. The molecule has 29 heavy (non-hydrogen) atoms. The van der Waals surface area contributed by atoms with Crippen LogP contribution >= 0.6 is 0 Å². The van der Waals surface area contributed by atoms with Gasteiger partial charge < -0.3 is 5.32 Å². The molecule has 0 saturated carbocycles. The van der Waals surface area contributed by atoms with Crippen molar-refractivity contribution in [1.82, 2.24) is 5.32 Å². The summed E-state index contributed by atoms with van der Waals surface area (Å²) < 4.78 is 28.0. The van der Waals surface area contributed by atoms with E-state index in [0.29, 0.717) is 5.69 Å². The third-order valence-electron chi connectivity index (χ3n) is 4.68. The van der Waals surface area contributed by atoms with Gasteiger partial charge in [-0.3, -0.25) is 9.52 Å². The number of amides is 1. The van der Waals surface area contributed by atoms with Gasteiger partial charge in [0.25, 0.3) is 15.9 Å². The van der Waals surface area contributed by atoms with Crippen LogP contribution in [-0.4, -0.2) is 14.3 Å². The molecule has 0 aliphatic rings. The van der Waals surface area contributed by atoms with Crippen molar-refractivity contribution in [2.45, 2.75) is 31.7 Å². The van der Waals surface area contributed by atoms with Crippen molar-refractivity contribution in [2.24, 2.45) is 0 Å². The smallest absolute Gasteiger partial charge is 0.261 e. The van der Waals surface area contributed by atoms with Crippen molar-refractivity contribution in [1.29, 1.82) is 0 Å². The van der Waals surface area contributed by atoms with E-state index in [1.165, 1.54) is 12.1 Å². The van der Waals surface area contributed by atoms with Crippen LogP contribution in [-0.2, 0) is 10.0 Å². The van der Waals surface area contributed by atoms with E-state index >= 15 is 0 Å². The van der Waals surface area contributed by atoms with Gasteiger partial charge in [0, 0.05) is 11.3 Å². The van der Waals surface area contributed by atoms with Gasteiger partial charge in [-0.15, -0.1) is 0 Å². The number of benzene rings is 3. The van der Waals surface area contributed by atoms with Crippen molar-refractivity contribution in [2.75, 3.05) is 4.72 Å². The highest BCUT2D eigenvalue weighted by atomic mass is 32.2. The molecule has 0 fully saturated rings. The number of anilines is 1. The first kappa shape index (κ1) is 20.6. The second kappa shape index (κ2) is 8.49. The fraction of sp³-hybridized carbons (Fsp3) is 0.174. The summed E-state index contributed by atoms with van der Waals surface area (Å²) in [4.78, 5) is 12.7. The largest absolute Gasteiger partial charge is 0.346 e. The van der Waals surface area contributed by atoms with E-state index in [1.54, 1.807) is 30.3 Å². The van der Waals surface area contributed by atoms with Crippen LogP contribution < -0.4 is 10.0 Å². The number of hydrogen-bond donors (Lipinski definition) is 2. The standard InChI is InChI=1S/C23H24N2O3S/c1-16-8-6-11-20(14-16)25-29(27,28)21-12-7-10-19(15-21)23(26)24-18(3)22-13-5-4-9-17(22)2/h4-15,18,25H,1-3H3,(H,24,26)/t18-/m0/s1. The molecule has 150 valence electrons. The average Bonchev–Trinajstić information content (AvgIpc) is 2.68. The summed E-state index contributed by atoms with van der Waals surface area (Å²) in [7, 11) is -3.80. The second-order valence-electron chi connectivity index (χ2n) is 7.05. The van der Waals surface area contributed by atoms with Crippen LogP contribution in [0, 0.1) is 13.8 Å². The lowest BCUT2D eigenvalue weighted by Gasteiger charge is -2.17. The first-order valence-corrected chi connectivity index (χ1v) is 10.8. The van der Waals surface area contributed by atoms with Crippen molar-refractivity contribution in [3.05, 3.63) is 95.1 Å². The molecular weight excluding hydrogens is 384 g/mol. The molecule has 0 bridgehead atoms. The molecule has 2 N–H and O–H groups in total. The molecule has 0 radical (unpaired) electrons. The van der Waals surface area contributed by atoms with E-state index in [4.69, 9.17) is 0 Å². The minimum absolute atomic E-state index is 0.0372. The van der Waals surface area contributed by atoms with Crippen molar-refractivity contribution in [3.8, 4) is 0 Å². The van der Waals surface area contributed by atoms with Gasteiger partial charge in [-0.25, -0.2) is 8.42 Å². The molecule has 0 aromatic heterocycles. The van der Waals surface area contributed by atoms with Crippen molar-refractivity contribution in [3.63, 3.8) is 0 Å². The molecule has 5 nitrogen and oxygen atoms in total. The summed E-state index contributed by atoms with van der Waals surface area (Å²) in [5.74, 6) is -0.326. The number of carbonyl (C=O) groups is 1. The topological polar surface area (TPSA) is 75.3 Å². The quantitative estimate of drug-likeness (QED) is 0.626. The zero-order chi connectivity index (χ0) is 21.0. The minimum atomic E-state index is -3.80. The summed E-state index contributed by atoms with van der Waals surface area (Å²) in [6, 6.07) is 20.8. The maximum atomic E-state index is 12.7. The Bertz CT molecular complexity index is 1140. The maximum absolute atomic E-state index is 12.7. The second-order valence-corrected chi connectivity index (χ2v) is 8.74. The molecule has 3 aromatic rings. The van der Waals surface area contributed by atoms with Gasteiger partial charge in [0.1, 0.15) is 0 Å². The van der Waals surface area contributed by atoms with Gasteiger partial charge in [-0.05, 0) is 67.8 Å². The third-order valence-corrected chi connectivity index (χ3v) is 6.06. The zero-order valence-electron chi connectivity index (χ0n) is 16.6. The van der Waals surface area contributed by atoms with Crippen LogP contribution in [0.15, 0.2) is 77.7 Å². The number of carbonyl (C=O) groups excluding carboxylic acids is 1. The molecule has 3 rings (SSSR count). The van der Waals surface area contributed by atoms with Gasteiger partial charge in [0.2, 0.25) is 0 Å². The normalized spacial score (nSPS) is 12.2. The Balaban J connectivity index is 1.79. The van der Waals surface area contributed by atoms with E-state index in [9.17, 15) is 13.2 Å². The Morgan fingerprint density at radius 1 is 0.897 bits per heavy atom. The summed E-state index contributed by atoms with van der Waals surface area (Å²) >= 11 is 0. The minimum Gasteiger partial charge on any atom is -0.346 e. The molecule has 0 unspecified atom stereocenters. The molecule has 6 heteroatoms. The monoisotopic (exact) mass is 408 g/mol. The lowest BCUT2D eigenvalue weighted by Crippen LogP contribution is -2.27. The zero-order valence-corrected chi connectivity index (χ0v) is 17.5. The number of rotatable bonds is 6. The van der Waals surface area contributed by atoms with Gasteiger partial charge in [0.15, 0.2) is 0 Å². The highest BCUT2D eigenvalue weighted by Gasteiger charge is 2.18. The van der Waals surface area contributed by atoms with E-state index < -0.39 is 10.0 Å². The number of sulfonamides is 1. The molecule has 1 atom stereocenters. The number of nitrogens with one attached hydrogen (secondary N) is 2. The SMILES string of the molecule is Cc1cccc(NS(=O)(=O)c2cccc(C(=O)N[C@@H](C)c3ccccc3C)c2)c1. The molecule has 0 saturated heterocycles. The van der Waals surface area contributed by atoms with Crippen LogP contribution in [0.4, 0.5) is 5.69 Å².